The van der Waals surface area contributed by atoms with E-state index < -0.39 is 14.9 Å². The minimum Gasteiger partial charge on any atom is -0.497 e. The third kappa shape index (κ3) is 4.26. The number of ether oxygens (including phenoxy) is 1. The van der Waals surface area contributed by atoms with E-state index in [4.69, 9.17) is 4.74 Å². The van der Waals surface area contributed by atoms with Crippen LogP contribution in [0.3, 0.4) is 0 Å². The summed E-state index contributed by atoms with van der Waals surface area (Å²) >= 11 is 0. The van der Waals surface area contributed by atoms with Crippen molar-refractivity contribution in [2.45, 2.75) is 11.4 Å². The quantitative estimate of drug-likeness (QED) is 0.577. The highest BCUT2D eigenvalue weighted by Crippen LogP contribution is 2.26. The van der Waals surface area contributed by atoms with Gasteiger partial charge in [-0.15, -0.1) is 0 Å². The molecule has 0 amide bonds. The predicted octanol–water partition coefficient (Wildman–Crippen LogP) is 0.693. The number of piperazine rings is 1. The summed E-state index contributed by atoms with van der Waals surface area (Å²) in [7, 11) is -2.26. The van der Waals surface area contributed by atoms with E-state index in [0.717, 1.165) is 17.9 Å². The lowest BCUT2D eigenvalue weighted by atomic mass is 10.2. The molecule has 2 aromatic rings. The molecule has 1 N–H and O–H groups in total. The fourth-order valence-electron chi connectivity index (χ4n) is 3.26. The lowest BCUT2D eigenvalue weighted by Crippen LogP contribution is -3.13. The Kier molecular flexibility index (Phi) is 5.73. The average molecular weight is 392 g/mol. The van der Waals surface area contributed by atoms with E-state index in [2.05, 4.69) is 0 Å². The summed E-state index contributed by atoms with van der Waals surface area (Å²) in [6, 6.07) is 13.3. The summed E-state index contributed by atoms with van der Waals surface area (Å²) in [6.45, 7) is 2.70. The number of hydrogen-bond acceptors (Lipinski definition) is 5. The van der Waals surface area contributed by atoms with Crippen LogP contribution in [0.4, 0.5) is 5.69 Å². The molecular formula is C18H22N3O5S+. The summed E-state index contributed by atoms with van der Waals surface area (Å²) in [5, 5.41) is 11.2. The van der Waals surface area contributed by atoms with Crippen LogP contribution in [-0.2, 0) is 16.6 Å². The topological polar surface area (TPSA) is 94.2 Å². The fourth-order valence-corrected chi connectivity index (χ4v) is 4.85. The highest BCUT2D eigenvalue weighted by molar-refractivity contribution is 7.89. The van der Waals surface area contributed by atoms with Crippen LogP contribution in [0.1, 0.15) is 5.56 Å². The van der Waals surface area contributed by atoms with Gasteiger partial charge in [0.1, 0.15) is 12.3 Å². The minimum atomic E-state index is -3.89. The lowest BCUT2D eigenvalue weighted by molar-refractivity contribution is -0.917. The minimum absolute atomic E-state index is 0.244. The number of para-hydroxylation sites is 1. The van der Waals surface area contributed by atoms with Crippen molar-refractivity contribution in [3.8, 4) is 5.75 Å². The van der Waals surface area contributed by atoms with Crippen molar-refractivity contribution in [2.24, 2.45) is 0 Å². The SMILES string of the molecule is COc1cccc(C[NH+]2CCN(S(=O)(=O)c3ccccc3[N+](=O)[O-])CC2)c1. The maximum absolute atomic E-state index is 12.9. The van der Waals surface area contributed by atoms with Crippen molar-refractivity contribution in [3.63, 3.8) is 0 Å². The maximum atomic E-state index is 12.9. The number of quaternary nitrogens is 1. The summed E-state index contributed by atoms with van der Waals surface area (Å²) in [5.41, 5.74) is 0.739. The molecule has 0 radical (unpaired) electrons. The van der Waals surface area contributed by atoms with E-state index in [-0.39, 0.29) is 10.6 Å². The largest absolute Gasteiger partial charge is 0.497 e. The maximum Gasteiger partial charge on any atom is 0.289 e. The fraction of sp³-hybridized carbons (Fsp3) is 0.333. The van der Waals surface area contributed by atoms with E-state index >= 15 is 0 Å². The van der Waals surface area contributed by atoms with E-state index in [1.807, 2.05) is 24.3 Å². The Balaban J connectivity index is 1.69. The number of sulfonamides is 1. The molecule has 1 heterocycles. The summed E-state index contributed by atoms with van der Waals surface area (Å²) in [4.78, 5) is 11.5. The molecule has 0 aliphatic carbocycles. The number of nitrogens with one attached hydrogen (secondary N) is 1. The summed E-state index contributed by atoms with van der Waals surface area (Å²) in [6.07, 6.45) is 0. The molecular weight excluding hydrogens is 370 g/mol. The van der Waals surface area contributed by atoms with Gasteiger partial charge in [-0.2, -0.15) is 4.31 Å². The van der Waals surface area contributed by atoms with Gasteiger partial charge in [-0.3, -0.25) is 10.1 Å². The molecule has 0 bridgehead atoms. The molecule has 1 fully saturated rings. The summed E-state index contributed by atoms with van der Waals surface area (Å²) < 4.78 is 32.3. The van der Waals surface area contributed by atoms with Crippen LogP contribution in [0.5, 0.6) is 5.75 Å². The van der Waals surface area contributed by atoms with Crippen LogP contribution < -0.4 is 9.64 Å². The first-order valence-corrected chi connectivity index (χ1v) is 10.1. The number of nitro benzene ring substituents is 1. The third-order valence-corrected chi connectivity index (χ3v) is 6.64. The Morgan fingerprint density at radius 3 is 2.52 bits per heavy atom. The Hall–Kier alpha value is -2.49. The van der Waals surface area contributed by atoms with Crippen LogP contribution in [0.2, 0.25) is 0 Å². The number of rotatable bonds is 6. The molecule has 0 saturated carbocycles. The second kappa shape index (κ2) is 8.03. The zero-order chi connectivity index (χ0) is 19.4. The highest BCUT2D eigenvalue weighted by Gasteiger charge is 2.34. The van der Waals surface area contributed by atoms with Gasteiger partial charge in [0, 0.05) is 11.6 Å². The van der Waals surface area contributed by atoms with Gasteiger partial charge in [-0.25, -0.2) is 8.42 Å². The molecule has 1 aliphatic heterocycles. The van der Waals surface area contributed by atoms with Crippen molar-refractivity contribution < 1.29 is 23.0 Å². The molecule has 8 nitrogen and oxygen atoms in total. The number of methoxy groups -OCH3 is 1. The van der Waals surface area contributed by atoms with Gasteiger partial charge in [0.2, 0.25) is 10.0 Å². The Bertz CT molecular complexity index is 924. The molecule has 3 rings (SSSR count). The van der Waals surface area contributed by atoms with Gasteiger partial charge in [0.25, 0.3) is 5.69 Å². The molecule has 144 valence electrons. The molecule has 1 saturated heterocycles. The van der Waals surface area contributed by atoms with Crippen LogP contribution in [0, 0.1) is 10.1 Å². The Morgan fingerprint density at radius 2 is 1.85 bits per heavy atom. The van der Waals surface area contributed by atoms with E-state index in [1.165, 1.54) is 33.5 Å². The van der Waals surface area contributed by atoms with Crippen molar-refractivity contribution in [3.05, 3.63) is 64.2 Å². The second-order valence-corrected chi connectivity index (χ2v) is 8.31. The number of hydrogen-bond donors (Lipinski definition) is 1. The van der Waals surface area contributed by atoms with Crippen LogP contribution >= 0.6 is 0 Å². The Morgan fingerprint density at radius 1 is 1.15 bits per heavy atom. The van der Waals surface area contributed by atoms with Gasteiger partial charge in [-0.05, 0) is 18.2 Å². The third-order valence-electron chi connectivity index (χ3n) is 4.70. The standard InChI is InChI=1S/C18H21N3O5S/c1-26-16-6-4-5-15(13-16)14-19-9-11-20(12-10-19)27(24,25)18-8-3-2-7-17(18)21(22)23/h2-8,13H,9-12,14H2,1H3/p+1. The van der Waals surface area contributed by atoms with E-state index in [9.17, 15) is 18.5 Å². The average Bonchev–Trinajstić information content (AvgIpc) is 2.68. The summed E-state index contributed by atoms with van der Waals surface area (Å²) in [5.74, 6) is 0.796. The van der Waals surface area contributed by atoms with E-state index in [0.29, 0.717) is 26.2 Å². The number of nitrogens with zero attached hydrogens (tertiary/aromatic N) is 2. The van der Waals surface area contributed by atoms with Crippen molar-refractivity contribution in [1.29, 1.82) is 0 Å². The van der Waals surface area contributed by atoms with Gasteiger partial charge < -0.3 is 9.64 Å². The van der Waals surface area contributed by atoms with Crippen molar-refractivity contribution in [1.82, 2.24) is 4.31 Å². The van der Waals surface area contributed by atoms with Gasteiger partial charge in [0.05, 0.1) is 38.2 Å². The first-order chi connectivity index (χ1) is 12.9. The number of benzene rings is 2. The molecule has 0 spiro atoms. The number of nitro groups is 1. The molecule has 27 heavy (non-hydrogen) atoms. The monoisotopic (exact) mass is 392 g/mol. The van der Waals surface area contributed by atoms with Crippen LogP contribution in [0.25, 0.3) is 0 Å². The van der Waals surface area contributed by atoms with Crippen molar-refractivity contribution in [2.75, 3.05) is 33.3 Å². The zero-order valence-electron chi connectivity index (χ0n) is 15.0. The van der Waals surface area contributed by atoms with Crippen molar-refractivity contribution >= 4 is 15.7 Å². The van der Waals surface area contributed by atoms with Crippen LogP contribution in [-0.4, -0.2) is 50.9 Å². The lowest BCUT2D eigenvalue weighted by Gasteiger charge is -2.31. The first kappa shape index (κ1) is 19.3. The van der Waals surface area contributed by atoms with Gasteiger partial charge in [0.15, 0.2) is 4.90 Å². The van der Waals surface area contributed by atoms with Crippen LogP contribution in [0.15, 0.2) is 53.4 Å². The van der Waals surface area contributed by atoms with Gasteiger partial charge >= 0.3 is 0 Å². The molecule has 2 aromatic carbocycles. The van der Waals surface area contributed by atoms with Gasteiger partial charge in [-0.1, -0.05) is 24.3 Å². The molecule has 9 heteroatoms. The first-order valence-electron chi connectivity index (χ1n) is 8.62. The smallest absolute Gasteiger partial charge is 0.289 e. The predicted molar refractivity (Wildman–Crippen MR) is 99.2 cm³/mol. The molecule has 0 aromatic heterocycles. The highest BCUT2D eigenvalue weighted by atomic mass is 32.2. The zero-order valence-corrected chi connectivity index (χ0v) is 15.8. The molecule has 0 unspecified atom stereocenters. The Labute approximate surface area is 158 Å². The van der Waals surface area contributed by atoms with E-state index in [1.54, 1.807) is 7.11 Å². The second-order valence-electron chi connectivity index (χ2n) is 6.41. The molecule has 1 aliphatic rings. The molecule has 0 atom stereocenters. The normalized spacial score (nSPS) is 16.2.